The molecule has 1 rings (SSSR count). The van der Waals surface area contributed by atoms with E-state index in [4.69, 9.17) is 4.18 Å². The average molecular weight is 321 g/mol. The van der Waals surface area contributed by atoms with Crippen LogP contribution in [0.5, 0.6) is 0 Å². The Labute approximate surface area is 111 Å². The van der Waals surface area contributed by atoms with E-state index in [2.05, 4.69) is 22.9 Å². The zero-order valence-corrected chi connectivity index (χ0v) is 12.4. The molecule has 0 aliphatic rings. The van der Waals surface area contributed by atoms with E-state index in [-0.39, 0.29) is 11.0 Å². The van der Waals surface area contributed by atoms with Crippen molar-refractivity contribution in [2.24, 2.45) is 0 Å². The van der Waals surface area contributed by atoms with E-state index in [9.17, 15) is 8.42 Å². The predicted octanol–water partition coefficient (Wildman–Crippen LogP) is 3.73. The highest BCUT2D eigenvalue weighted by Gasteiger charge is 2.18. The molecule has 1 atom stereocenters. The van der Waals surface area contributed by atoms with Crippen molar-refractivity contribution in [1.29, 1.82) is 0 Å². The first kappa shape index (κ1) is 14.7. The Kier molecular flexibility index (Phi) is 5.62. The lowest BCUT2D eigenvalue weighted by molar-refractivity contribution is 0.214. The minimum absolute atomic E-state index is 0.198. The van der Waals surface area contributed by atoms with Crippen molar-refractivity contribution < 1.29 is 12.6 Å². The van der Waals surface area contributed by atoms with Gasteiger partial charge >= 0.3 is 0 Å². The molecule has 0 aliphatic heterocycles. The zero-order chi connectivity index (χ0) is 12.9. The Morgan fingerprint density at radius 3 is 2.41 bits per heavy atom. The van der Waals surface area contributed by atoms with Crippen molar-refractivity contribution >= 4 is 26.0 Å². The first-order valence-electron chi connectivity index (χ1n) is 5.64. The highest BCUT2D eigenvalue weighted by atomic mass is 79.9. The van der Waals surface area contributed by atoms with Crippen molar-refractivity contribution in [2.75, 3.05) is 0 Å². The molecule has 1 unspecified atom stereocenters. The van der Waals surface area contributed by atoms with Gasteiger partial charge in [0.15, 0.2) is 0 Å². The van der Waals surface area contributed by atoms with Gasteiger partial charge in [-0.2, -0.15) is 8.42 Å². The molecule has 0 heterocycles. The van der Waals surface area contributed by atoms with Crippen molar-refractivity contribution in [3.05, 3.63) is 28.7 Å². The van der Waals surface area contributed by atoms with Gasteiger partial charge in [-0.15, -0.1) is 0 Å². The summed E-state index contributed by atoms with van der Waals surface area (Å²) in [7, 11) is -3.63. The van der Waals surface area contributed by atoms with E-state index in [1.807, 2.05) is 0 Å². The maximum absolute atomic E-state index is 11.9. The summed E-state index contributed by atoms with van der Waals surface area (Å²) in [6.45, 7) is 3.85. The third kappa shape index (κ3) is 4.77. The molecule has 0 radical (unpaired) electrons. The van der Waals surface area contributed by atoms with Crippen LogP contribution in [0.4, 0.5) is 0 Å². The summed E-state index contributed by atoms with van der Waals surface area (Å²) in [5.74, 6) is 0. The molecule has 0 amide bonds. The normalized spacial score (nSPS) is 13.6. The topological polar surface area (TPSA) is 43.4 Å². The largest absolute Gasteiger partial charge is 0.297 e. The molecule has 5 heteroatoms. The van der Waals surface area contributed by atoms with Gasteiger partial charge in [-0.3, -0.25) is 4.18 Å². The first-order chi connectivity index (χ1) is 7.95. The summed E-state index contributed by atoms with van der Waals surface area (Å²) in [5, 5.41) is 0. The van der Waals surface area contributed by atoms with Gasteiger partial charge in [-0.25, -0.2) is 0 Å². The quantitative estimate of drug-likeness (QED) is 0.750. The van der Waals surface area contributed by atoms with E-state index >= 15 is 0 Å². The maximum Gasteiger partial charge on any atom is 0.297 e. The molecule has 0 saturated carbocycles. The number of halogens is 1. The molecule has 0 aromatic heterocycles. The van der Waals surface area contributed by atoms with Gasteiger partial charge in [0.25, 0.3) is 10.1 Å². The van der Waals surface area contributed by atoms with Crippen LogP contribution in [0.1, 0.15) is 33.1 Å². The molecule has 1 aromatic carbocycles. The molecule has 0 fully saturated rings. The number of unbranched alkanes of at least 4 members (excludes halogenated alkanes) is 1. The molecule has 17 heavy (non-hydrogen) atoms. The van der Waals surface area contributed by atoms with Gasteiger partial charge < -0.3 is 0 Å². The minimum Gasteiger partial charge on any atom is -0.263 e. The standard InChI is InChI=1S/C12H17BrO3S/c1-3-4-5-10(2)16-17(14,15)12-8-6-11(13)7-9-12/h6-10H,3-5H2,1-2H3. The Morgan fingerprint density at radius 2 is 1.88 bits per heavy atom. The SMILES string of the molecule is CCCCC(C)OS(=O)(=O)c1ccc(Br)cc1. The monoisotopic (exact) mass is 320 g/mol. The fourth-order valence-electron chi connectivity index (χ4n) is 1.41. The lowest BCUT2D eigenvalue weighted by Gasteiger charge is -2.12. The minimum atomic E-state index is -3.63. The summed E-state index contributed by atoms with van der Waals surface area (Å²) < 4.78 is 29.7. The third-order valence-electron chi connectivity index (χ3n) is 2.36. The summed E-state index contributed by atoms with van der Waals surface area (Å²) in [5.41, 5.74) is 0. The second-order valence-electron chi connectivity index (χ2n) is 3.96. The molecule has 0 aliphatic carbocycles. The Balaban J connectivity index is 2.71. The summed E-state index contributed by atoms with van der Waals surface area (Å²) in [6, 6.07) is 6.44. The van der Waals surface area contributed by atoms with Gasteiger partial charge in [0.05, 0.1) is 11.0 Å². The van der Waals surface area contributed by atoms with Crippen LogP contribution in [0.3, 0.4) is 0 Å². The van der Waals surface area contributed by atoms with E-state index in [0.717, 1.165) is 23.7 Å². The molecule has 0 N–H and O–H groups in total. The number of hydrogen-bond acceptors (Lipinski definition) is 3. The maximum atomic E-state index is 11.9. The molecule has 3 nitrogen and oxygen atoms in total. The summed E-state index contributed by atoms with van der Waals surface area (Å²) in [6.07, 6.45) is 2.48. The molecule has 1 aromatic rings. The van der Waals surface area contributed by atoms with Gasteiger partial charge in [0.2, 0.25) is 0 Å². The molecular weight excluding hydrogens is 304 g/mol. The Bertz CT molecular complexity index is 439. The summed E-state index contributed by atoms with van der Waals surface area (Å²) >= 11 is 3.26. The average Bonchev–Trinajstić information content (AvgIpc) is 2.26. The van der Waals surface area contributed by atoms with E-state index in [1.54, 1.807) is 19.1 Å². The lowest BCUT2D eigenvalue weighted by atomic mass is 10.2. The van der Waals surface area contributed by atoms with Crippen LogP contribution < -0.4 is 0 Å². The summed E-state index contributed by atoms with van der Waals surface area (Å²) in [4.78, 5) is 0.198. The van der Waals surface area contributed by atoms with E-state index < -0.39 is 10.1 Å². The van der Waals surface area contributed by atoms with Crippen LogP contribution in [-0.4, -0.2) is 14.5 Å². The predicted molar refractivity (Wildman–Crippen MR) is 71.4 cm³/mol. The van der Waals surface area contributed by atoms with Crippen LogP contribution in [-0.2, 0) is 14.3 Å². The fourth-order valence-corrected chi connectivity index (χ4v) is 2.79. The zero-order valence-electron chi connectivity index (χ0n) is 10.0. The molecular formula is C12H17BrO3S. The van der Waals surface area contributed by atoms with E-state index in [1.165, 1.54) is 12.1 Å². The van der Waals surface area contributed by atoms with Gasteiger partial charge in [-0.1, -0.05) is 35.7 Å². The molecule has 96 valence electrons. The Hall–Kier alpha value is -0.390. The van der Waals surface area contributed by atoms with Crippen LogP contribution in [0.15, 0.2) is 33.6 Å². The third-order valence-corrected chi connectivity index (χ3v) is 4.32. The smallest absolute Gasteiger partial charge is 0.263 e. The second-order valence-corrected chi connectivity index (χ2v) is 6.44. The van der Waals surface area contributed by atoms with Crippen molar-refractivity contribution in [2.45, 2.75) is 44.1 Å². The van der Waals surface area contributed by atoms with Gasteiger partial charge in [-0.05, 0) is 37.6 Å². The van der Waals surface area contributed by atoms with Gasteiger partial charge in [0, 0.05) is 4.47 Å². The van der Waals surface area contributed by atoms with E-state index in [0.29, 0.717) is 0 Å². The number of rotatable bonds is 6. The van der Waals surface area contributed by atoms with Crippen LogP contribution in [0.25, 0.3) is 0 Å². The number of benzene rings is 1. The Morgan fingerprint density at radius 1 is 1.29 bits per heavy atom. The molecule has 0 saturated heterocycles. The van der Waals surface area contributed by atoms with Crippen LogP contribution in [0.2, 0.25) is 0 Å². The lowest BCUT2D eigenvalue weighted by Crippen LogP contribution is -2.15. The van der Waals surface area contributed by atoms with Crippen molar-refractivity contribution in [3.8, 4) is 0 Å². The second kappa shape index (κ2) is 6.52. The fraction of sp³-hybridized carbons (Fsp3) is 0.500. The number of hydrogen-bond donors (Lipinski definition) is 0. The van der Waals surface area contributed by atoms with Crippen LogP contribution in [0, 0.1) is 0 Å². The van der Waals surface area contributed by atoms with Gasteiger partial charge in [0.1, 0.15) is 0 Å². The molecule has 0 bridgehead atoms. The van der Waals surface area contributed by atoms with Crippen LogP contribution >= 0.6 is 15.9 Å². The van der Waals surface area contributed by atoms with Crippen molar-refractivity contribution in [3.63, 3.8) is 0 Å². The molecule has 0 spiro atoms. The first-order valence-corrected chi connectivity index (χ1v) is 7.84. The van der Waals surface area contributed by atoms with Crippen molar-refractivity contribution in [1.82, 2.24) is 0 Å². The highest BCUT2D eigenvalue weighted by molar-refractivity contribution is 9.10. The highest BCUT2D eigenvalue weighted by Crippen LogP contribution is 2.19.